The maximum Gasteiger partial charge on any atom is 0.274 e. The molecule has 2 aromatic rings. The monoisotopic (exact) mass is 330 g/mol. The summed E-state index contributed by atoms with van der Waals surface area (Å²) < 4.78 is 0. The van der Waals surface area contributed by atoms with Crippen LogP contribution in [-0.4, -0.2) is 21.9 Å². The molecule has 0 spiro atoms. The number of hydrogen-bond acceptors (Lipinski definition) is 4. The minimum Gasteiger partial charge on any atom is -0.367 e. The van der Waals surface area contributed by atoms with E-state index in [0.29, 0.717) is 28.3 Å². The highest BCUT2D eigenvalue weighted by Gasteiger charge is 2.15. The molecule has 0 bridgehead atoms. The zero-order valence-electron chi connectivity index (χ0n) is 12.8. The molecule has 1 amide bonds. The van der Waals surface area contributed by atoms with Gasteiger partial charge in [-0.05, 0) is 37.1 Å². The lowest BCUT2D eigenvalue weighted by molar-refractivity contribution is 0.102. The molecule has 1 aromatic heterocycles. The van der Waals surface area contributed by atoms with Crippen molar-refractivity contribution >= 4 is 29.0 Å². The molecule has 0 saturated heterocycles. The van der Waals surface area contributed by atoms with Gasteiger partial charge in [0.05, 0.1) is 0 Å². The summed E-state index contributed by atoms with van der Waals surface area (Å²) in [4.78, 5) is 20.6. The SMILES string of the molecule is O=C(Nc1ccc(Cl)cc1)c1cc(NC2CCCCC2)ncn1. The van der Waals surface area contributed by atoms with Gasteiger partial charge >= 0.3 is 0 Å². The lowest BCUT2D eigenvalue weighted by atomic mass is 9.95. The molecule has 23 heavy (non-hydrogen) atoms. The van der Waals surface area contributed by atoms with Gasteiger partial charge < -0.3 is 10.6 Å². The summed E-state index contributed by atoms with van der Waals surface area (Å²) in [6, 6.07) is 9.09. The fourth-order valence-corrected chi connectivity index (χ4v) is 2.87. The topological polar surface area (TPSA) is 66.9 Å². The van der Waals surface area contributed by atoms with Crippen LogP contribution in [0.2, 0.25) is 5.02 Å². The van der Waals surface area contributed by atoms with Crippen molar-refractivity contribution in [1.29, 1.82) is 0 Å². The molecule has 3 rings (SSSR count). The van der Waals surface area contributed by atoms with E-state index in [9.17, 15) is 4.79 Å². The van der Waals surface area contributed by atoms with E-state index in [1.165, 1.54) is 25.6 Å². The van der Waals surface area contributed by atoms with E-state index >= 15 is 0 Å². The highest BCUT2D eigenvalue weighted by Crippen LogP contribution is 2.21. The molecule has 6 heteroatoms. The van der Waals surface area contributed by atoms with Gasteiger partial charge in [-0.25, -0.2) is 9.97 Å². The van der Waals surface area contributed by atoms with Crippen molar-refractivity contribution in [2.45, 2.75) is 38.1 Å². The number of rotatable bonds is 4. The van der Waals surface area contributed by atoms with Crippen LogP contribution in [0.1, 0.15) is 42.6 Å². The Bertz CT molecular complexity index is 669. The van der Waals surface area contributed by atoms with Crippen LogP contribution in [0.4, 0.5) is 11.5 Å². The van der Waals surface area contributed by atoms with Crippen molar-refractivity contribution in [2.24, 2.45) is 0 Å². The van der Waals surface area contributed by atoms with Crippen LogP contribution in [0.15, 0.2) is 36.7 Å². The molecule has 0 radical (unpaired) electrons. The first kappa shape index (κ1) is 15.7. The lowest BCUT2D eigenvalue weighted by Gasteiger charge is -2.23. The van der Waals surface area contributed by atoms with Crippen molar-refractivity contribution < 1.29 is 4.79 Å². The Balaban J connectivity index is 1.66. The molecular formula is C17H19ClN4O. The van der Waals surface area contributed by atoms with E-state index in [2.05, 4.69) is 20.6 Å². The molecule has 1 saturated carbocycles. The standard InChI is InChI=1S/C17H19ClN4O/c18-12-6-8-14(9-7-12)22-17(23)15-10-16(20-11-19-15)21-13-4-2-1-3-5-13/h6-11,13H,1-5H2,(H,22,23)(H,19,20,21). The van der Waals surface area contributed by atoms with Crippen molar-refractivity contribution in [1.82, 2.24) is 9.97 Å². The average molecular weight is 331 g/mol. The minimum absolute atomic E-state index is 0.263. The van der Waals surface area contributed by atoms with Crippen LogP contribution >= 0.6 is 11.6 Å². The van der Waals surface area contributed by atoms with Gasteiger partial charge in [-0.15, -0.1) is 0 Å². The number of anilines is 2. The first-order valence-electron chi connectivity index (χ1n) is 7.86. The number of amides is 1. The molecule has 120 valence electrons. The van der Waals surface area contributed by atoms with E-state index in [1.54, 1.807) is 30.3 Å². The molecular weight excluding hydrogens is 312 g/mol. The quantitative estimate of drug-likeness (QED) is 0.884. The number of halogens is 1. The Labute approximate surface area is 140 Å². The van der Waals surface area contributed by atoms with E-state index in [1.807, 2.05) is 0 Å². The van der Waals surface area contributed by atoms with Gasteiger partial charge in [0.2, 0.25) is 0 Å². The predicted molar refractivity (Wildman–Crippen MR) is 91.9 cm³/mol. The second kappa shape index (κ2) is 7.42. The molecule has 0 atom stereocenters. The molecule has 1 aromatic carbocycles. The third-order valence-corrected chi connectivity index (χ3v) is 4.21. The van der Waals surface area contributed by atoms with Crippen LogP contribution in [0.25, 0.3) is 0 Å². The number of aromatic nitrogens is 2. The smallest absolute Gasteiger partial charge is 0.274 e. The van der Waals surface area contributed by atoms with Crippen LogP contribution in [0, 0.1) is 0 Å². The van der Waals surface area contributed by atoms with Gasteiger partial charge in [-0.2, -0.15) is 0 Å². The van der Waals surface area contributed by atoms with Crippen LogP contribution in [0.3, 0.4) is 0 Å². The van der Waals surface area contributed by atoms with Crippen molar-refractivity contribution in [3.8, 4) is 0 Å². The first-order valence-corrected chi connectivity index (χ1v) is 8.24. The molecule has 0 unspecified atom stereocenters. The van der Waals surface area contributed by atoms with E-state index < -0.39 is 0 Å². The fraction of sp³-hybridized carbons (Fsp3) is 0.353. The fourth-order valence-electron chi connectivity index (χ4n) is 2.74. The first-order chi connectivity index (χ1) is 11.2. The second-order valence-electron chi connectivity index (χ2n) is 5.73. The van der Waals surface area contributed by atoms with Gasteiger partial charge in [-0.3, -0.25) is 4.79 Å². The van der Waals surface area contributed by atoms with Crippen LogP contribution in [0.5, 0.6) is 0 Å². The van der Waals surface area contributed by atoms with E-state index in [4.69, 9.17) is 11.6 Å². The molecule has 1 heterocycles. The Hall–Kier alpha value is -2.14. The van der Waals surface area contributed by atoms with Crippen LogP contribution < -0.4 is 10.6 Å². The van der Waals surface area contributed by atoms with E-state index in [0.717, 1.165) is 12.8 Å². The number of benzene rings is 1. The summed E-state index contributed by atoms with van der Waals surface area (Å²) in [7, 11) is 0. The highest BCUT2D eigenvalue weighted by atomic mass is 35.5. The predicted octanol–water partition coefficient (Wildman–Crippen LogP) is 4.13. The van der Waals surface area contributed by atoms with Gasteiger partial charge in [0.1, 0.15) is 17.8 Å². The number of carbonyl (C=O) groups is 1. The van der Waals surface area contributed by atoms with Crippen molar-refractivity contribution in [3.05, 3.63) is 47.4 Å². The molecule has 1 aliphatic rings. The Morgan fingerprint density at radius 1 is 1.09 bits per heavy atom. The van der Waals surface area contributed by atoms with Gasteiger partial charge in [0.25, 0.3) is 5.91 Å². The third kappa shape index (κ3) is 4.42. The number of hydrogen-bond donors (Lipinski definition) is 2. The third-order valence-electron chi connectivity index (χ3n) is 3.96. The summed E-state index contributed by atoms with van der Waals surface area (Å²) in [5.41, 5.74) is 1.02. The Morgan fingerprint density at radius 3 is 2.57 bits per heavy atom. The number of nitrogens with zero attached hydrogens (tertiary/aromatic N) is 2. The summed E-state index contributed by atoms with van der Waals surface area (Å²) in [5, 5.41) is 6.83. The number of nitrogens with one attached hydrogen (secondary N) is 2. The van der Waals surface area contributed by atoms with Crippen molar-refractivity contribution in [2.75, 3.05) is 10.6 Å². The zero-order chi connectivity index (χ0) is 16.1. The average Bonchev–Trinajstić information content (AvgIpc) is 2.58. The molecule has 2 N–H and O–H groups in total. The Kier molecular flexibility index (Phi) is 5.08. The number of carbonyl (C=O) groups excluding carboxylic acids is 1. The largest absolute Gasteiger partial charge is 0.367 e. The second-order valence-corrected chi connectivity index (χ2v) is 6.17. The summed E-state index contributed by atoms with van der Waals surface area (Å²) in [6.07, 6.45) is 7.50. The molecule has 1 fully saturated rings. The maximum absolute atomic E-state index is 12.3. The Morgan fingerprint density at radius 2 is 1.83 bits per heavy atom. The van der Waals surface area contributed by atoms with Crippen LogP contribution in [-0.2, 0) is 0 Å². The highest BCUT2D eigenvalue weighted by molar-refractivity contribution is 6.30. The zero-order valence-corrected chi connectivity index (χ0v) is 13.5. The van der Waals surface area contributed by atoms with Gasteiger partial charge in [0.15, 0.2) is 0 Å². The summed E-state index contributed by atoms with van der Waals surface area (Å²) in [5.74, 6) is 0.439. The summed E-state index contributed by atoms with van der Waals surface area (Å²) in [6.45, 7) is 0. The normalized spacial score (nSPS) is 15.2. The minimum atomic E-state index is -0.263. The lowest BCUT2D eigenvalue weighted by Crippen LogP contribution is -2.23. The van der Waals surface area contributed by atoms with Gasteiger partial charge in [-0.1, -0.05) is 30.9 Å². The van der Waals surface area contributed by atoms with Crippen molar-refractivity contribution in [3.63, 3.8) is 0 Å². The molecule has 1 aliphatic carbocycles. The van der Waals surface area contributed by atoms with E-state index in [-0.39, 0.29) is 5.91 Å². The summed E-state index contributed by atoms with van der Waals surface area (Å²) >= 11 is 5.84. The van der Waals surface area contributed by atoms with Gasteiger partial charge in [0, 0.05) is 22.8 Å². The molecule has 0 aliphatic heterocycles. The molecule has 5 nitrogen and oxygen atoms in total. The maximum atomic E-state index is 12.3.